The first-order valence-corrected chi connectivity index (χ1v) is 8.90. The van der Waals surface area contributed by atoms with Crippen LogP contribution in [0, 0.1) is 0 Å². The van der Waals surface area contributed by atoms with Gasteiger partial charge in [-0.05, 0) is 0 Å². The van der Waals surface area contributed by atoms with E-state index in [1.165, 1.54) is 4.90 Å². The molecule has 1 aliphatic rings. The van der Waals surface area contributed by atoms with Crippen LogP contribution in [0.4, 0.5) is 0 Å². The Labute approximate surface area is 177 Å². The Bertz CT molecular complexity index is 658. The van der Waals surface area contributed by atoms with Crippen LogP contribution in [0.2, 0.25) is 0 Å². The van der Waals surface area contributed by atoms with Gasteiger partial charge in [0.05, 0.1) is 12.8 Å². The molecule has 0 aromatic heterocycles. The fourth-order valence-corrected chi connectivity index (χ4v) is 1.78. The molecule has 1 fully saturated rings. The first-order valence-electron chi connectivity index (χ1n) is 8.90. The standard InChI is InChI=1S/C11H15NO3.C6H11N.C5H4O3/c1-4-6-12(7-5-2)11(15)9(3)8-10(13)14;1-3-5-7-6-4-2;1-3-2-4(6)8-5(3)7/h4-5H,1-3,6-8H2,(H,13,14);3-4,7H,1-2,5-6H2;1-2H2. The first-order chi connectivity index (χ1) is 14.1. The van der Waals surface area contributed by atoms with Gasteiger partial charge < -0.3 is 20.1 Å². The van der Waals surface area contributed by atoms with E-state index in [0.717, 1.165) is 13.1 Å². The Hall–Kier alpha value is -3.52. The van der Waals surface area contributed by atoms with Crippen molar-refractivity contribution in [1.82, 2.24) is 10.2 Å². The van der Waals surface area contributed by atoms with Crippen molar-refractivity contribution in [2.24, 2.45) is 0 Å². The summed E-state index contributed by atoms with van der Waals surface area (Å²) in [4.78, 5) is 43.8. The number of carbonyl (C=O) groups is 4. The zero-order valence-corrected chi connectivity index (χ0v) is 17.2. The van der Waals surface area contributed by atoms with Crippen molar-refractivity contribution in [3.63, 3.8) is 0 Å². The van der Waals surface area contributed by atoms with Crippen LogP contribution in [0.5, 0.6) is 0 Å². The Morgan fingerprint density at radius 1 is 1.03 bits per heavy atom. The molecule has 2 N–H and O–H groups in total. The molecule has 0 spiro atoms. The molecule has 0 radical (unpaired) electrons. The molecule has 30 heavy (non-hydrogen) atoms. The summed E-state index contributed by atoms with van der Waals surface area (Å²) < 4.78 is 4.10. The first kappa shape index (κ1) is 28.7. The molecule has 1 heterocycles. The lowest BCUT2D eigenvalue weighted by molar-refractivity contribution is -0.151. The SMILES string of the molecule is C=C1CC(=O)OC1=O.C=CCN(CC=C)C(=O)C(=C)CC(=O)O.C=CCNCC=C. The van der Waals surface area contributed by atoms with Crippen LogP contribution in [0.1, 0.15) is 12.8 Å². The van der Waals surface area contributed by atoms with E-state index in [0.29, 0.717) is 13.1 Å². The number of cyclic esters (lactones) is 2. The van der Waals surface area contributed by atoms with Crippen molar-refractivity contribution in [2.45, 2.75) is 12.8 Å². The number of hydrogen-bond donors (Lipinski definition) is 2. The Kier molecular flexibility index (Phi) is 16.8. The van der Waals surface area contributed by atoms with Crippen molar-refractivity contribution in [3.05, 3.63) is 74.9 Å². The molecular weight excluding hydrogens is 388 g/mol. The number of hydrogen-bond acceptors (Lipinski definition) is 6. The lowest BCUT2D eigenvalue weighted by Crippen LogP contribution is -2.32. The van der Waals surface area contributed by atoms with Gasteiger partial charge >= 0.3 is 17.9 Å². The average molecular weight is 418 g/mol. The van der Waals surface area contributed by atoms with Crippen LogP contribution in [0.3, 0.4) is 0 Å². The lowest BCUT2D eigenvalue weighted by Gasteiger charge is -2.19. The average Bonchev–Trinajstić information content (AvgIpc) is 2.97. The summed E-state index contributed by atoms with van der Waals surface area (Å²) >= 11 is 0. The highest BCUT2D eigenvalue weighted by atomic mass is 16.6. The Balaban J connectivity index is 0. The highest BCUT2D eigenvalue weighted by molar-refractivity contribution is 6.05. The van der Waals surface area contributed by atoms with Gasteiger partial charge in [-0.15, -0.1) is 26.3 Å². The van der Waals surface area contributed by atoms with Crippen molar-refractivity contribution < 1.29 is 29.0 Å². The number of carbonyl (C=O) groups excluding carboxylic acids is 3. The number of carboxylic acid groups (broad SMARTS) is 1. The summed E-state index contributed by atoms with van der Waals surface area (Å²) in [7, 11) is 0. The number of rotatable bonds is 11. The summed E-state index contributed by atoms with van der Waals surface area (Å²) in [6.45, 7) is 23.3. The van der Waals surface area contributed by atoms with E-state index < -0.39 is 17.9 Å². The van der Waals surface area contributed by atoms with E-state index in [-0.39, 0.29) is 29.9 Å². The number of aliphatic carboxylic acids is 1. The van der Waals surface area contributed by atoms with Gasteiger partial charge in [0.2, 0.25) is 5.91 Å². The number of ether oxygens (including phenoxy) is 1. The highest BCUT2D eigenvalue weighted by Gasteiger charge is 2.24. The second-order valence-electron chi connectivity index (χ2n) is 5.74. The maximum atomic E-state index is 11.6. The molecule has 0 bridgehead atoms. The molecule has 0 unspecified atom stereocenters. The minimum Gasteiger partial charge on any atom is -0.481 e. The molecule has 8 nitrogen and oxygen atoms in total. The molecule has 0 saturated carbocycles. The fourth-order valence-electron chi connectivity index (χ4n) is 1.78. The highest BCUT2D eigenvalue weighted by Crippen LogP contribution is 2.10. The van der Waals surface area contributed by atoms with Gasteiger partial charge in [-0.3, -0.25) is 14.4 Å². The monoisotopic (exact) mass is 418 g/mol. The van der Waals surface area contributed by atoms with Crippen molar-refractivity contribution in [1.29, 1.82) is 0 Å². The second-order valence-corrected chi connectivity index (χ2v) is 5.74. The van der Waals surface area contributed by atoms with Gasteiger partial charge in [-0.1, -0.05) is 37.5 Å². The minimum atomic E-state index is -1.06. The van der Waals surface area contributed by atoms with E-state index in [4.69, 9.17) is 5.11 Å². The summed E-state index contributed by atoms with van der Waals surface area (Å²) in [5, 5.41) is 11.6. The van der Waals surface area contributed by atoms with Crippen molar-refractivity contribution in [2.75, 3.05) is 26.2 Å². The molecule has 0 aromatic rings. The van der Waals surface area contributed by atoms with E-state index >= 15 is 0 Å². The number of amides is 1. The van der Waals surface area contributed by atoms with Crippen molar-refractivity contribution in [3.8, 4) is 0 Å². The van der Waals surface area contributed by atoms with Gasteiger partial charge in [-0.2, -0.15) is 0 Å². The molecule has 1 aliphatic heterocycles. The van der Waals surface area contributed by atoms with Crippen molar-refractivity contribution >= 4 is 23.8 Å². The molecule has 1 saturated heterocycles. The summed E-state index contributed by atoms with van der Waals surface area (Å²) in [5.41, 5.74) is 0.307. The third-order valence-corrected chi connectivity index (χ3v) is 3.08. The normalized spacial score (nSPS) is 11.5. The molecule has 1 amide bonds. The van der Waals surface area contributed by atoms with E-state index in [1.54, 1.807) is 12.2 Å². The number of nitrogens with one attached hydrogen (secondary N) is 1. The summed E-state index contributed by atoms with van der Waals surface area (Å²) in [5.74, 6) is -2.53. The number of esters is 2. The Morgan fingerprint density at radius 2 is 1.53 bits per heavy atom. The smallest absolute Gasteiger partial charge is 0.341 e. The van der Waals surface area contributed by atoms with Gasteiger partial charge in [0.15, 0.2) is 0 Å². The minimum absolute atomic E-state index is 0.0544. The van der Waals surface area contributed by atoms with Crippen LogP contribution < -0.4 is 5.32 Å². The molecule has 164 valence electrons. The predicted octanol–water partition coefficient (Wildman–Crippen LogP) is 2.18. The van der Waals surface area contributed by atoms with Crippen LogP contribution in [-0.2, 0) is 23.9 Å². The quantitative estimate of drug-likeness (QED) is 0.174. The summed E-state index contributed by atoms with van der Waals surface area (Å²) in [6.07, 6.45) is 6.49. The largest absolute Gasteiger partial charge is 0.481 e. The van der Waals surface area contributed by atoms with Crippen LogP contribution in [0.15, 0.2) is 74.9 Å². The molecule has 1 rings (SSSR count). The molecule has 0 atom stereocenters. The molecule has 0 aliphatic carbocycles. The van der Waals surface area contributed by atoms with Crippen LogP contribution in [0.25, 0.3) is 0 Å². The van der Waals surface area contributed by atoms with Crippen LogP contribution >= 0.6 is 0 Å². The van der Waals surface area contributed by atoms with Gasteiger partial charge in [0, 0.05) is 37.3 Å². The second kappa shape index (κ2) is 17.6. The van der Waals surface area contributed by atoms with Crippen LogP contribution in [-0.4, -0.2) is 60.0 Å². The van der Waals surface area contributed by atoms with Gasteiger partial charge in [-0.25, -0.2) is 4.79 Å². The molecule has 8 heteroatoms. The van der Waals surface area contributed by atoms with Gasteiger partial charge in [0.25, 0.3) is 0 Å². The lowest BCUT2D eigenvalue weighted by atomic mass is 10.2. The third-order valence-electron chi connectivity index (χ3n) is 3.08. The number of nitrogens with zero attached hydrogens (tertiary/aromatic N) is 1. The topological polar surface area (TPSA) is 113 Å². The zero-order chi connectivity index (χ0) is 23.5. The maximum absolute atomic E-state index is 11.6. The third kappa shape index (κ3) is 14.5. The predicted molar refractivity (Wildman–Crippen MR) is 116 cm³/mol. The molecular formula is C22H30N2O6. The molecule has 0 aromatic carbocycles. The van der Waals surface area contributed by atoms with E-state index in [2.05, 4.69) is 49.5 Å². The zero-order valence-electron chi connectivity index (χ0n) is 17.2. The summed E-state index contributed by atoms with van der Waals surface area (Å²) in [6, 6.07) is 0. The van der Waals surface area contributed by atoms with Gasteiger partial charge in [0.1, 0.15) is 0 Å². The Morgan fingerprint density at radius 3 is 1.80 bits per heavy atom. The van der Waals surface area contributed by atoms with E-state index in [1.807, 2.05) is 12.2 Å². The number of carboxylic acids is 1. The maximum Gasteiger partial charge on any atom is 0.341 e. The van der Waals surface area contributed by atoms with E-state index in [9.17, 15) is 19.2 Å². The fraction of sp³-hybridized carbons (Fsp3) is 0.273.